The second kappa shape index (κ2) is 17.6. The van der Waals surface area contributed by atoms with Gasteiger partial charge in [-0.25, -0.2) is 0 Å². The third-order valence-electron chi connectivity index (χ3n) is 16.5. The molecule has 2 unspecified atom stereocenters. The first-order valence-corrected chi connectivity index (χ1v) is 26.7. The molecular formula is C74H61N. The summed E-state index contributed by atoms with van der Waals surface area (Å²) in [6, 6.07) is 98.8. The van der Waals surface area contributed by atoms with Crippen LogP contribution < -0.4 is 4.90 Å². The van der Waals surface area contributed by atoms with Crippen molar-refractivity contribution in [3.05, 3.63) is 316 Å². The number of rotatable bonds is 8. The van der Waals surface area contributed by atoms with Crippen LogP contribution in [0.5, 0.6) is 0 Å². The Bertz CT molecular complexity index is 3730. The summed E-state index contributed by atoms with van der Waals surface area (Å²) < 4.78 is 0. The van der Waals surface area contributed by atoms with Gasteiger partial charge in [0.1, 0.15) is 0 Å². The molecular weight excluding hydrogens is 903 g/mol. The second-order valence-electron chi connectivity index (χ2n) is 22.9. The molecule has 13 rings (SSSR count). The fraction of sp³-hybridized carbons (Fsp3) is 0.135. The summed E-state index contributed by atoms with van der Waals surface area (Å²) in [5, 5.41) is 2.40. The van der Waals surface area contributed by atoms with E-state index in [0.717, 1.165) is 17.1 Å². The molecule has 0 saturated carbocycles. The molecule has 11 aromatic carbocycles. The average Bonchev–Trinajstić information content (AvgIpc) is 4.11. The van der Waals surface area contributed by atoms with Crippen molar-refractivity contribution in [2.75, 3.05) is 4.90 Å². The molecule has 0 spiro atoms. The third kappa shape index (κ3) is 7.35. The summed E-state index contributed by atoms with van der Waals surface area (Å²) in [7, 11) is 0. The molecule has 0 aliphatic heterocycles. The van der Waals surface area contributed by atoms with Crippen molar-refractivity contribution in [1.82, 2.24) is 0 Å². The minimum absolute atomic E-state index is 0.0196. The Labute approximate surface area is 443 Å². The molecule has 75 heavy (non-hydrogen) atoms. The van der Waals surface area contributed by atoms with Crippen LogP contribution in [0.1, 0.15) is 97.2 Å². The summed E-state index contributed by atoms with van der Waals surface area (Å²) in [6.45, 7) is 13.8. The van der Waals surface area contributed by atoms with Crippen LogP contribution in [0, 0.1) is 0 Å². The van der Waals surface area contributed by atoms with Crippen LogP contribution in [0.3, 0.4) is 0 Å². The Kier molecular flexibility index (Phi) is 10.8. The normalized spacial score (nSPS) is 16.5. The van der Waals surface area contributed by atoms with E-state index >= 15 is 0 Å². The molecule has 2 atom stereocenters. The monoisotopic (exact) mass is 963 g/mol. The molecule has 362 valence electrons. The number of fused-ring (bicyclic) bond motifs is 7. The molecule has 1 nitrogen and oxygen atoms in total. The van der Waals surface area contributed by atoms with Crippen molar-refractivity contribution in [2.24, 2.45) is 0 Å². The lowest BCUT2D eigenvalue weighted by atomic mass is 9.67. The Morgan fingerprint density at radius 3 is 1.09 bits per heavy atom. The van der Waals surface area contributed by atoms with Gasteiger partial charge in [0, 0.05) is 17.1 Å². The summed E-state index contributed by atoms with van der Waals surface area (Å²) >= 11 is 0. The summed E-state index contributed by atoms with van der Waals surface area (Å²) in [5.41, 5.74) is 22.5. The van der Waals surface area contributed by atoms with Crippen LogP contribution in [0.2, 0.25) is 0 Å². The molecule has 2 aliphatic rings. The van der Waals surface area contributed by atoms with E-state index in [0.29, 0.717) is 0 Å². The molecule has 0 heterocycles. The Morgan fingerprint density at radius 2 is 0.627 bits per heavy atom. The van der Waals surface area contributed by atoms with Gasteiger partial charge in [-0.15, -0.1) is 0 Å². The van der Waals surface area contributed by atoms with Crippen LogP contribution in [-0.4, -0.2) is 0 Å². The predicted molar refractivity (Wildman–Crippen MR) is 316 cm³/mol. The lowest BCUT2D eigenvalue weighted by molar-refractivity contribution is 0.589. The maximum absolute atomic E-state index is 2.52. The van der Waals surface area contributed by atoms with Crippen LogP contribution in [0.15, 0.2) is 261 Å². The number of nitrogens with zero attached hydrogens (tertiary/aromatic N) is 1. The fourth-order valence-corrected chi connectivity index (χ4v) is 12.8. The molecule has 0 fully saturated rings. The Balaban J connectivity index is 1.08. The zero-order valence-corrected chi connectivity index (χ0v) is 43.8. The first-order valence-electron chi connectivity index (χ1n) is 26.7. The van der Waals surface area contributed by atoms with Gasteiger partial charge in [-0.2, -0.15) is 0 Å². The van der Waals surface area contributed by atoms with Crippen molar-refractivity contribution < 1.29 is 0 Å². The largest absolute Gasteiger partial charge is 0.310 e. The van der Waals surface area contributed by atoms with Gasteiger partial charge < -0.3 is 4.90 Å². The zero-order chi connectivity index (χ0) is 51.1. The fourth-order valence-electron chi connectivity index (χ4n) is 12.8. The van der Waals surface area contributed by atoms with E-state index in [1.807, 2.05) is 0 Å². The third-order valence-corrected chi connectivity index (χ3v) is 16.5. The lowest BCUT2D eigenvalue weighted by Crippen LogP contribution is -2.29. The maximum Gasteiger partial charge on any atom is 0.0714 e. The van der Waals surface area contributed by atoms with E-state index < -0.39 is 10.8 Å². The van der Waals surface area contributed by atoms with Crippen LogP contribution in [-0.2, 0) is 21.7 Å². The number of hydrogen-bond donors (Lipinski definition) is 0. The molecule has 0 aromatic heterocycles. The van der Waals surface area contributed by atoms with Gasteiger partial charge >= 0.3 is 0 Å². The Morgan fingerprint density at radius 1 is 0.267 bits per heavy atom. The van der Waals surface area contributed by atoms with Crippen molar-refractivity contribution in [3.8, 4) is 33.4 Å². The van der Waals surface area contributed by atoms with E-state index in [1.165, 1.54) is 99.8 Å². The smallest absolute Gasteiger partial charge is 0.0714 e. The van der Waals surface area contributed by atoms with Gasteiger partial charge in [0.2, 0.25) is 0 Å². The number of hydrogen-bond acceptors (Lipinski definition) is 1. The van der Waals surface area contributed by atoms with E-state index in [9.17, 15) is 0 Å². The maximum atomic E-state index is 2.52. The van der Waals surface area contributed by atoms with Gasteiger partial charge in [0.25, 0.3) is 0 Å². The van der Waals surface area contributed by atoms with Crippen molar-refractivity contribution in [2.45, 2.75) is 63.2 Å². The molecule has 0 N–H and O–H groups in total. The van der Waals surface area contributed by atoms with E-state index in [4.69, 9.17) is 0 Å². The molecule has 2 aliphatic carbocycles. The van der Waals surface area contributed by atoms with Crippen molar-refractivity contribution in [3.63, 3.8) is 0 Å². The second-order valence-corrected chi connectivity index (χ2v) is 22.9. The summed E-state index contributed by atoms with van der Waals surface area (Å²) in [6.07, 6.45) is 0. The Hall–Kier alpha value is -8.52. The summed E-state index contributed by atoms with van der Waals surface area (Å²) in [4.78, 5) is 2.52. The minimum atomic E-state index is -0.580. The molecule has 0 radical (unpaired) electrons. The van der Waals surface area contributed by atoms with E-state index in [2.05, 4.69) is 307 Å². The minimum Gasteiger partial charge on any atom is -0.310 e. The predicted octanol–water partition coefficient (Wildman–Crippen LogP) is 19.3. The number of anilines is 3. The number of benzene rings is 11. The topological polar surface area (TPSA) is 3.24 Å². The van der Waals surface area contributed by atoms with Crippen molar-refractivity contribution in [1.29, 1.82) is 0 Å². The highest BCUT2D eigenvalue weighted by atomic mass is 15.1. The standard InChI is InChI=1S/C74H61N/c1-71(2,3)54-33-37-58(38-34-54)73(56-22-12-8-13-23-56)67-28-18-16-26-63(67)65-44-42-61(48-69(65)73)75(60-41-32-52-46-51(30-31-53(52)47-60)50-20-10-7-11-21-50)62-43-45-66-64-27-17-19-29-68(64)74(70(66)49-62,57-24-14-9-15-25-57)59-39-35-55(36-40-59)72(4,5)6/h7-49H,1-6H3. The highest BCUT2D eigenvalue weighted by molar-refractivity contribution is 5.95. The zero-order valence-electron chi connectivity index (χ0n) is 43.8. The molecule has 0 amide bonds. The highest BCUT2D eigenvalue weighted by Gasteiger charge is 2.48. The quantitative estimate of drug-likeness (QED) is 0.147. The van der Waals surface area contributed by atoms with Crippen LogP contribution >= 0.6 is 0 Å². The average molecular weight is 964 g/mol. The first kappa shape index (κ1) is 46.3. The van der Waals surface area contributed by atoms with Gasteiger partial charge in [0.15, 0.2) is 0 Å². The molecule has 0 saturated heterocycles. The van der Waals surface area contributed by atoms with Crippen LogP contribution in [0.4, 0.5) is 17.1 Å². The lowest BCUT2D eigenvalue weighted by Gasteiger charge is -2.36. The van der Waals surface area contributed by atoms with Gasteiger partial charge in [0.05, 0.1) is 10.8 Å². The van der Waals surface area contributed by atoms with Gasteiger partial charge in [-0.1, -0.05) is 260 Å². The first-order chi connectivity index (χ1) is 36.4. The van der Waals surface area contributed by atoms with Gasteiger partial charge in [-0.05, 0) is 153 Å². The highest BCUT2D eigenvalue weighted by Crippen LogP contribution is 2.60. The van der Waals surface area contributed by atoms with Gasteiger partial charge in [-0.3, -0.25) is 0 Å². The SMILES string of the molecule is CC(C)(C)c1ccc(C2(c3ccccc3)c3ccccc3-c3ccc(N(c4ccc5c(c4)C(c4ccccc4)(c4ccc(C(C)(C)C)cc4)c4ccccc4-5)c4ccc5cc(-c6ccccc6)ccc5c4)cc32)cc1. The van der Waals surface area contributed by atoms with E-state index in [1.54, 1.807) is 0 Å². The van der Waals surface area contributed by atoms with Crippen LogP contribution in [0.25, 0.3) is 44.2 Å². The molecule has 11 aromatic rings. The van der Waals surface area contributed by atoms with E-state index in [-0.39, 0.29) is 10.8 Å². The molecule has 0 bridgehead atoms. The van der Waals surface area contributed by atoms with Crippen molar-refractivity contribution >= 4 is 27.8 Å². The molecule has 1 heteroatoms. The summed E-state index contributed by atoms with van der Waals surface area (Å²) in [5.74, 6) is 0.